The van der Waals surface area contributed by atoms with Crippen molar-refractivity contribution in [2.24, 2.45) is 0 Å². The fraction of sp³-hybridized carbons (Fsp3) is 0.500. The molecule has 0 unspecified atom stereocenters. The van der Waals surface area contributed by atoms with Crippen LogP contribution in [0.15, 0.2) is 30.3 Å². The van der Waals surface area contributed by atoms with Crippen molar-refractivity contribution in [3.05, 3.63) is 52.6 Å². The number of ether oxygens (including phenoxy) is 1. The highest BCUT2D eigenvalue weighted by molar-refractivity contribution is 5.77. The van der Waals surface area contributed by atoms with Gasteiger partial charge in [-0.2, -0.15) is 0 Å². The Hall–Kier alpha value is -1.76. The molecule has 0 N–H and O–H groups in total. The van der Waals surface area contributed by atoms with Crippen molar-refractivity contribution in [2.75, 3.05) is 6.61 Å². The van der Waals surface area contributed by atoms with Gasteiger partial charge in [-0.15, -0.1) is 0 Å². The Kier molecular flexibility index (Phi) is 4.83. The minimum atomic E-state index is 0.751. The molecular weight excluding hydrogens is 304 g/mol. The van der Waals surface area contributed by atoms with Crippen LogP contribution in [0.3, 0.4) is 0 Å². The Morgan fingerprint density at radius 1 is 1.04 bits per heavy atom. The van der Waals surface area contributed by atoms with Crippen molar-refractivity contribution in [3.63, 3.8) is 0 Å². The first-order valence-electron chi connectivity index (χ1n) is 10.2. The Bertz CT molecular complexity index is 755. The van der Waals surface area contributed by atoms with Gasteiger partial charge in [0.05, 0.1) is 6.61 Å². The zero-order valence-corrected chi connectivity index (χ0v) is 15.7. The maximum absolute atomic E-state index is 6.15. The minimum Gasteiger partial charge on any atom is -0.493 e. The smallest absolute Gasteiger partial charge is 0.130 e. The molecule has 4 rings (SSSR count). The Balaban J connectivity index is 1.87. The predicted molar refractivity (Wildman–Crippen MR) is 106 cm³/mol. The molecule has 0 atom stereocenters. The molecule has 1 heterocycles. The normalized spacial score (nSPS) is 16.9. The summed E-state index contributed by atoms with van der Waals surface area (Å²) in [5.74, 6) is 1.90. The van der Waals surface area contributed by atoms with E-state index in [0.29, 0.717) is 0 Å². The van der Waals surface area contributed by atoms with E-state index >= 15 is 0 Å². The molecule has 132 valence electrons. The number of para-hydroxylation sites is 1. The average molecular weight is 335 g/mol. The number of benzene rings is 2. The quantitative estimate of drug-likeness (QED) is 0.599. The van der Waals surface area contributed by atoms with Crippen molar-refractivity contribution in [1.29, 1.82) is 0 Å². The number of hydrogen-bond acceptors (Lipinski definition) is 1. The largest absolute Gasteiger partial charge is 0.493 e. The van der Waals surface area contributed by atoms with E-state index in [9.17, 15) is 0 Å². The predicted octanol–water partition coefficient (Wildman–Crippen LogP) is 6.60. The first kappa shape index (κ1) is 16.7. The van der Waals surface area contributed by atoms with E-state index in [4.69, 9.17) is 4.74 Å². The topological polar surface area (TPSA) is 9.23 Å². The highest BCUT2D eigenvalue weighted by Crippen LogP contribution is 2.47. The second kappa shape index (κ2) is 7.23. The van der Waals surface area contributed by atoms with E-state index in [1.54, 1.807) is 11.1 Å². The molecule has 1 nitrogen and oxygen atoms in total. The van der Waals surface area contributed by atoms with Gasteiger partial charge < -0.3 is 4.74 Å². The van der Waals surface area contributed by atoms with Crippen LogP contribution in [0.5, 0.6) is 5.75 Å². The molecule has 0 aromatic heterocycles. The summed E-state index contributed by atoms with van der Waals surface area (Å²) in [7, 11) is 0. The molecule has 0 spiro atoms. The van der Waals surface area contributed by atoms with Gasteiger partial charge in [-0.05, 0) is 79.2 Å². The third-order valence-corrected chi connectivity index (χ3v) is 6.11. The third kappa shape index (κ3) is 3.10. The van der Waals surface area contributed by atoms with Gasteiger partial charge in [-0.1, -0.05) is 50.1 Å². The van der Waals surface area contributed by atoms with Gasteiger partial charge in [0.2, 0.25) is 0 Å². The second-order valence-corrected chi connectivity index (χ2v) is 7.80. The monoisotopic (exact) mass is 334 g/mol. The van der Waals surface area contributed by atoms with Crippen molar-refractivity contribution < 1.29 is 4.74 Å². The number of aryl methyl sites for hydroxylation is 2. The van der Waals surface area contributed by atoms with E-state index in [-0.39, 0.29) is 0 Å². The molecule has 2 aromatic carbocycles. The molecule has 1 saturated carbocycles. The summed E-state index contributed by atoms with van der Waals surface area (Å²) >= 11 is 0. The summed E-state index contributed by atoms with van der Waals surface area (Å²) < 4.78 is 6.15. The van der Waals surface area contributed by atoms with Gasteiger partial charge in [-0.25, -0.2) is 0 Å². The number of fused-ring (bicyclic) bond motifs is 1. The van der Waals surface area contributed by atoms with E-state index in [0.717, 1.165) is 31.1 Å². The molecule has 0 saturated heterocycles. The summed E-state index contributed by atoms with van der Waals surface area (Å²) in [5.41, 5.74) is 8.90. The second-order valence-electron chi connectivity index (χ2n) is 7.80. The van der Waals surface area contributed by atoms with Gasteiger partial charge in [-0.3, -0.25) is 0 Å². The molecule has 1 aliphatic heterocycles. The van der Waals surface area contributed by atoms with Crippen LogP contribution < -0.4 is 4.74 Å². The summed E-state index contributed by atoms with van der Waals surface area (Å²) in [6.07, 6.45) is 10.1. The lowest BCUT2D eigenvalue weighted by Gasteiger charge is -2.32. The highest BCUT2D eigenvalue weighted by atomic mass is 16.5. The fourth-order valence-corrected chi connectivity index (χ4v) is 4.46. The lowest BCUT2D eigenvalue weighted by atomic mass is 9.73. The molecule has 2 aromatic rings. The zero-order valence-electron chi connectivity index (χ0n) is 15.7. The molecular formula is C24H30O. The summed E-state index contributed by atoms with van der Waals surface area (Å²) in [6, 6.07) is 11.4. The van der Waals surface area contributed by atoms with Gasteiger partial charge in [0.15, 0.2) is 0 Å². The van der Waals surface area contributed by atoms with Crippen molar-refractivity contribution in [1.82, 2.24) is 0 Å². The Morgan fingerprint density at radius 2 is 1.92 bits per heavy atom. The molecule has 0 radical (unpaired) electrons. The van der Waals surface area contributed by atoms with E-state index in [2.05, 4.69) is 44.2 Å². The van der Waals surface area contributed by atoms with Gasteiger partial charge in [0.1, 0.15) is 5.75 Å². The van der Waals surface area contributed by atoms with Gasteiger partial charge in [0, 0.05) is 5.56 Å². The van der Waals surface area contributed by atoms with E-state index < -0.39 is 0 Å². The maximum Gasteiger partial charge on any atom is 0.130 e. The Labute approximate surface area is 152 Å². The number of rotatable bonds is 5. The first-order valence-corrected chi connectivity index (χ1v) is 10.2. The van der Waals surface area contributed by atoms with Gasteiger partial charge in [0.25, 0.3) is 0 Å². The van der Waals surface area contributed by atoms with Crippen LogP contribution in [0.1, 0.15) is 73.6 Å². The highest BCUT2D eigenvalue weighted by Gasteiger charge is 2.27. The van der Waals surface area contributed by atoms with Crippen LogP contribution in [0, 0.1) is 6.92 Å². The molecule has 25 heavy (non-hydrogen) atoms. The van der Waals surface area contributed by atoms with Crippen LogP contribution in [0.25, 0.3) is 11.1 Å². The summed E-state index contributed by atoms with van der Waals surface area (Å²) in [5, 5.41) is 0. The summed E-state index contributed by atoms with van der Waals surface area (Å²) in [4.78, 5) is 0. The van der Waals surface area contributed by atoms with Crippen molar-refractivity contribution >= 4 is 0 Å². The minimum absolute atomic E-state index is 0.751. The van der Waals surface area contributed by atoms with E-state index in [1.165, 1.54) is 60.8 Å². The lowest BCUT2D eigenvalue weighted by molar-refractivity contribution is 0.289. The SMILES string of the molecule is CCCCc1c(C)ccc(-c2cccc3c2OCCC3)c1C1CCC1. The van der Waals surface area contributed by atoms with Crippen LogP contribution in [0.4, 0.5) is 0 Å². The van der Waals surface area contributed by atoms with Crippen molar-refractivity contribution in [2.45, 2.75) is 71.1 Å². The van der Waals surface area contributed by atoms with Crippen molar-refractivity contribution in [3.8, 4) is 16.9 Å². The lowest BCUT2D eigenvalue weighted by Crippen LogP contribution is -2.15. The van der Waals surface area contributed by atoms with E-state index in [1.807, 2.05) is 0 Å². The number of hydrogen-bond donors (Lipinski definition) is 0. The van der Waals surface area contributed by atoms with Crippen LogP contribution in [-0.2, 0) is 12.8 Å². The molecule has 2 aliphatic rings. The third-order valence-electron chi connectivity index (χ3n) is 6.11. The summed E-state index contributed by atoms with van der Waals surface area (Å²) in [6.45, 7) is 5.45. The molecule has 1 heteroatoms. The van der Waals surface area contributed by atoms with Gasteiger partial charge >= 0.3 is 0 Å². The molecule has 0 amide bonds. The molecule has 1 aliphatic carbocycles. The zero-order chi connectivity index (χ0) is 17.2. The van der Waals surface area contributed by atoms with Crippen LogP contribution in [-0.4, -0.2) is 6.61 Å². The standard InChI is InChI=1S/C24H30O/c1-3-4-12-20-17(2)14-15-21(23(20)18-8-5-9-18)22-13-6-10-19-11-7-16-25-24(19)22/h6,10,13-15,18H,3-5,7-9,11-12,16H2,1-2H3. The number of unbranched alkanes of at least 4 members (excludes halogenated alkanes) is 1. The molecule has 1 fully saturated rings. The Morgan fingerprint density at radius 3 is 2.68 bits per heavy atom. The molecule has 0 bridgehead atoms. The average Bonchev–Trinajstić information content (AvgIpc) is 2.60. The fourth-order valence-electron chi connectivity index (χ4n) is 4.46. The van der Waals surface area contributed by atoms with Crippen LogP contribution in [0.2, 0.25) is 0 Å². The van der Waals surface area contributed by atoms with Crippen LogP contribution >= 0.6 is 0 Å². The first-order chi connectivity index (χ1) is 12.3. The maximum atomic E-state index is 6.15.